The van der Waals surface area contributed by atoms with Crippen LogP contribution in [0.2, 0.25) is 0 Å². The summed E-state index contributed by atoms with van der Waals surface area (Å²) in [6.07, 6.45) is 4.61. The van der Waals surface area contributed by atoms with Gasteiger partial charge in [-0.05, 0) is 31.0 Å². The highest BCUT2D eigenvalue weighted by Crippen LogP contribution is 2.30. The zero-order valence-electron chi connectivity index (χ0n) is 12.1. The van der Waals surface area contributed by atoms with Gasteiger partial charge >= 0.3 is 0 Å². The van der Waals surface area contributed by atoms with Crippen molar-refractivity contribution in [2.45, 2.75) is 25.3 Å². The molecule has 0 saturated carbocycles. The molecule has 2 heterocycles. The molecular formula is C18H16N2O2. The van der Waals surface area contributed by atoms with E-state index in [0.29, 0.717) is 5.69 Å². The second-order valence-electron chi connectivity index (χ2n) is 5.61. The molecule has 4 nitrogen and oxygen atoms in total. The number of fused-ring (bicyclic) bond motifs is 2. The average molecular weight is 292 g/mol. The number of amides is 1. The first kappa shape index (κ1) is 13.1. The van der Waals surface area contributed by atoms with Gasteiger partial charge in [-0.3, -0.25) is 4.79 Å². The van der Waals surface area contributed by atoms with Crippen molar-refractivity contribution >= 4 is 16.8 Å². The van der Waals surface area contributed by atoms with Crippen molar-refractivity contribution < 1.29 is 9.21 Å². The van der Waals surface area contributed by atoms with Gasteiger partial charge in [0.1, 0.15) is 11.5 Å². The van der Waals surface area contributed by atoms with E-state index in [1.165, 1.54) is 0 Å². The Morgan fingerprint density at radius 3 is 3.05 bits per heavy atom. The van der Waals surface area contributed by atoms with E-state index in [9.17, 15) is 4.79 Å². The predicted octanol–water partition coefficient (Wildman–Crippen LogP) is 3.64. The van der Waals surface area contributed by atoms with Gasteiger partial charge in [-0.2, -0.15) is 0 Å². The molecule has 0 bridgehead atoms. The minimum Gasteiger partial charge on any atom is -0.469 e. The molecule has 0 fully saturated rings. The maximum atomic E-state index is 12.5. The molecule has 110 valence electrons. The molecule has 0 radical (unpaired) electrons. The third-order valence-corrected chi connectivity index (χ3v) is 4.19. The maximum Gasteiger partial charge on any atom is 0.270 e. The molecule has 4 rings (SSSR count). The van der Waals surface area contributed by atoms with E-state index in [2.05, 4.69) is 10.3 Å². The average Bonchev–Trinajstić information content (AvgIpc) is 3.04. The minimum atomic E-state index is -0.134. The molecular weight excluding hydrogens is 276 g/mol. The number of furan rings is 1. The maximum absolute atomic E-state index is 12.5. The lowest BCUT2D eigenvalue weighted by molar-refractivity contribution is 0.0927. The highest BCUT2D eigenvalue weighted by Gasteiger charge is 2.24. The molecule has 1 aromatic carbocycles. The van der Waals surface area contributed by atoms with Crippen molar-refractivity contribution in [3.8, 4) is 0 Å². The van der Waals surface area contributed by atoms with Gasteiger partial charge < -0.3 is 9.73 Å². The normalized spacial score (nSPS) is 17.2. The SMILES string of the molecule is O=C(N[C@H]1CCCc2occc21)c1ccc2ccccc2n1. The molecule has 1 aliphatic rings. The van der Waals surface area contributed by atoms with Crippen LogP contribution in [0.1, 0.15) is 40.7 Å². The van der Waals surface area contributed by atoms with Gasteiger partial charge in [0.25, 0.3) is 5.91 Å². The van der Waals surface area contributed by atoms with Gasteiger partial charge in [-0.15, -0.1) is 0 Å². The van der Waals surface area contributed by atoms with E-state index in [1.807, 2.05) is 36.4 Å². The number of nitrogens with zero attached hydrogens (tertiary/aromatic N) is 1. The molecule has 2 aromatic heterocycles. The summed E-state index contributed by atoms with van der Waals surface area (Å²) in [5, 5.41) is 4.12. The van der Waals surface area contributed by atoms with Crippen molar-refractivity contribution in [3.63, 3.8) is 0 Å². The number of para-hydroxylation sites is 1. The Labute approximate surface area is 128 Å². The van der Waals surface area contributed by atoms with Crippen LogP contribution in [0.25, 0.3) is 10.9 Å². The summed E-state index contributed by atoms with van der Waals surface area (Å²) in [6.45, 7) is 0. The third-order valence-electron chi connectivity index (χ3n) is 4.19. The van der Waals surface area contributed by atoms with Crippen LogP contribution in [-0.4, -0.2) is 10.9 Å². The van der Waals surface area contributed by atoms with Crippen LogP contribution in [-0.2, 0) is 6.42 Å². The number of hydrogen-bond acceptors (Lipinski definition) is 3. The number of pyridine rings is 1. The van der Waals surface area contributed by atoms with E-state index in [1.54, 1.807) is 12.3 Å². The van der Waals surface area contributed by atoms with E-state index < -0.39 is 0 Å². The molecule has 4 heteroatoms. The van der Waals surface area contributed by atoms with Crippen LogP contribution in [0.5, 0.6) is 0 Å². The quantitative estimate of drug-likeness (QED) is 0.784. The number of carbonyl (C=O) groups is 1. The van der Waals surface area contributed by atoms with E-state index in [0.717, 1.165) is 41.5 Å². The standard InChI is InChI=1S/C18H16N2O2/c21-18(16-9-8-12-4-1-2-5-14(12)19-16)20-15-6-3-7-17-13(15)10-11-22-17/h1-2,4-5,8-11,15H,3,6-7H2,(H,20,21)/t15-/m0/s1. The second-order valence-corrected chi connectivity index (χ2v) is 5.61. The summed E-state index contributed by atoms with van der Waals surface area (Å²) in [5.74, 6) is 0.854. The Balaban J connectivity index is 1.59. The summed E-state index contributed by atoms with van der Waals surface area (Å²) in [5.41, 5.74) is 2.39. The first-order chi connectivity index (χ1) is 10.8. The van der Waals surface area contributed by atoms with Gasteiger partial charge in [0.05, 0.1) is 17.8 Å². The van der Waals surface area contributed by atoms with Gasteiger partial charge in [-0.25, -0.2) is 4.98 Å². The number of nitrogens with one attached hydrogen (secondary N) is 1. The fraction of sp³-hybridized carbons (Fsp3) is 0.222. The Kier molecular flexibility index (Phi) is 3.15. The molecule has 1 aliphatic carbocycles. The first-order valence-corrected chi connectivity index (χ1v) is 7.54. The van der Waals surface area contributed by atoms with Crippen LogP contribution in [0.15, 0.2) is 53.1 Å². The fourth-order valence-corrected chi connectivity index (χ4v) is 3.06. The Bertz CT molecular complexity index is 838. The van der Waals surface area contributed by atoms with Crippen molar-refractivity contribution in [1.82, 2.24) is 10.3 Å². The van der Waals surface area contributed by atoms with Crippen molar-refractivity contribution in [2.75, 3.05) is 0 Å². The van der Waals surface area contributed by atoms with Crippen molar-refractivity contribution in [2.24, 2.45) is 0 Å². The summed E-state index contributed by atoms with van der Waals surface area (Å²) < 4.78 is 5.46. The fourth-order valence-electron chi connectivity index (χ4n) is 3.06. The third kappa shape index (κ3) is 2.26. The van der Waals surface area contributed by atoms with Crippen molar-refractivity contribution in [3.05, 3.63) is 65.7 Å². The highest BCUT2D eigenvalue weighted by atomic mass is 16.3. The van der Waals surface area contributed by atoms with Crippen LogP contribution in [0.4, 0.5) is 0 Å². The number of hydrogen-bond donors (Lipinski definition) is 1. The number of benzene rings is 1. The van der Waals surface area contributed by atoms with Crippen LogP contribution >= 0.6 is 0 Å². The molecule has 1 amide bonds. The number of rotatable bonds is 2. The van der Waals surface area contributed by atoms with E-state index in [4.69, 9.17) is 4.42 Å². The van der Waals surface area contributed by atoms with Gasteiger partial charge in [-0.1, -0.05) is 24.3 Å². The molecule has 0 spiro atoms. The van der Waals surface area contributed by atoms with Gasteiger partial charge in [0.15, 0.2) is 0 Å². The van der Waals surface area contributed by atoms with Crippen LogP contribution < -0.4 is 5.32 Å². The van der Waals surface area contributed by atoms with Crippen LogP contribution in [0.3, 0.4) is 0 Å². The molecule has 0 aliphatic heterocycles. The molecule has 1 N–H and O–H groups in total. The van der Waals surface area contributed by atoms with Gasteiger partial charge in [0.2, 0.25) is 0 Å². The molecule has 3 aromatic rings. The summed E-state index contributed by atoms with van der Waals surface area (Å²) in [7, 11) is 0. The molecule has 1 atom stereocenters. The number of aromatic nitrogens is 1. The molecule has 0 saturated heterocycles. The van der Waals surface area contributed by atoms with Gasteiger partial charge in [0, 0.05) is 17.4 Å². The lowest BCUT2D eigenvalue weighted by Gasteiger charge is -2.22. The zero-order chi connectivity index (χ0) is 14.9. The Morgan fingerprint density at radius 1 is 1.18 bits per heavy atom. The smallest absolute Gasteiger partial charge is 0.270 e. The topological polar surface area (TPSA) is 55.1 Å². The molecule has 0 unspecified atom stereocenters. The van der Waals surface area contributed by atoms with E-state index >= 15 is 0 Å². The Hall–Kier alpha value is -2.62. The predicted molar refractivity (Wildman–Crippen MR) is 83.6 cm³/mol. The highest BCUT2D eigenvalue weighted by molar-refractivity contribution is 5.95. The largest absolute Gasteiger partial charge is 0.469 e. The zero-order valence-corrected chi connectivity index (χ0v) is 12.1. The van der Waals surface area contributed by atoms with Crippen LogP contribution in [0, 0.1) is 0 Å². The number of aryl methyl sites for hydroxylation is 1. The Morgan fingerprint density at radius 2 is 2.09 bits per heavy atom. The first-order valence-electron chi connectivity index (χ1n) is 7.54. The summed E-state index contributed by atoms with van der Waals surface area (Å²) in [4.78, 5) is 16.9. The molecule has 22 heavy (non-hydrogen) atoms. The number of carbonyl (C=O) groups excluding carboxylic acids is 1. The summed E-state index contributed by atoms with van der Waals surface area (Å²) >= 11 is 0. The lowest BCUT2D eigenvalue weighted by atomic mass is 9.93. The summed E-state index contributed by atoms with van der Waals surface area (Å²) in [6, 6.07) is 13.5. The lowest BCUT2D eigenvalue weighted by Crippen LogP contribution is -2.31. The monoisotopic (exact) mass is 292 g/mol. The minimum absolute atomic E-state index is 0.0169. The van der Waals surface area contributed by atoms with Crippen molar-refractivity contribution in [1.29, 1.82) is 0 Å². The van der Waals surface area contributed by atoms with E-state index in [-0.39, 0.29) is 11.9 Å². The second kappa shape index (κ2) is 5.30.